The monoisotopic (exact) mass is 434 g/mol. The van der Waals surface area contributed by atoms with Crippen molar-refractivity contribution in [3.8, 4) is 11.8 Å². The highest BCUT2D eigenvalue weighted by Crippen LogP contribution is 2.33. The highest BCUT2D eigenvalue weighted by molar-refractivity contribution is 14.1. The molecule has 0 radical (unpaired) electrons. The van der Waals surface area contributed by atoms with Gasteiger partial charge in [0.15, 0.2) is 5.96 Å². The molecular weight excluding hydrogens is 419 g/mol. The molecule has 0 aliphatic carbocycles. The molecule has 0 fully saturated rings. The molecule has 3 rings (SSSR count). The van der Waals surface area contributed by atoms with Gasteiger partial charge in [0.05, 0.1) is 35.5 Å². The van der Waals surface area contributed by atoms with Crippen molar-refractivity contribution in [3.05, 3.63) is 45.3 Å². The van der Waals surface area contributed by atoms with Crippen molar-refractivity contribution in [2.45, 2.75) is 18.9 Å². The lowest BCUT2D eigenvalue weighted by Crippen LogP contribution is -2.47. The lowest BCUT2D eigenvalue weighted by Gasteiger charge is -2.32. The second-order valence-electron chi connectivity index (χ2n) is 5.86. The number of aromatic nitrogens is 2. The second kappa shape index (κ2) is 5.90. The number of nitriles is 1. The summed E-state index contributed by atoms with van der Waals surface area (Å²) in [6.45, 7) is 1.86. The summed E-state index contributed by atoms with van der Waals surface area (Å²) in [5, 5.41) is 13.5. The van der Waals surface area contributed by atoms with Crippen LogP contribution in [-0.2, 0) is 10.3 Å². The molecule has 2 aromatic rings. The Morgan fingerprint density at radius 1 is 1.42 bits per heavy atom. The first-order valence-electron chi connectivity index (χ1n) is 7.20. The summed E-state index contributed by atoms with van der Waals surface area (Å²) < 4.78 is 2.62. The fraction of sp³-hybridized carbons (Fsp3) is 0.250. The van der Waals surface area contributed by atoms with Gasteiger partial charge in [-0.1, -0.05) is 0 Å². The number of benzene rings is 1. The van der Waals surface area contributed by atoms with E-state index in [1.54, 1.807) is 30.1 Å². The van der Waals surface area contributed by atoms with Crippen LogP contribution in [0.4, 0.5) is 0 Å². The molecule has 24 heavy (non-hydrogen) atoms. The number of carbonyl (C=O) groups is 1. The van der Waals surface area contributed by atoms with Crippen molar-refractivity contribution in [3.63, 3.8) is 0 Å². The number of nitrogens with zero attached hydrogens (tertiary/aromatic N) is 5. The maximum Gasteiger partial charge on any atom is 0.231 e. The Morgan fingerprint density at radius 3 is 2.83 bits per heavy atom. The predicted octanol–water partition coefficient (Wildman–Crippen LogP) is 1.74. The molecule has 1 atom stereocenters. The molecule has 0 bridgehead atoms. The third-order valence-electron chi connectivity index (χ3n) is 4.06. The number of carbonyl (C=O) groups excluding carboxylic acids is 1. The normalized spacial score (nSPS) is 20.7. The summed E-state index contributed by atoms with van der Waals surface area (Å²) in [5.74, 6) is 0.112. The minimum atomic E-state index is -0.744. The minimum absolute atomic E-state index is 0.0845. The van der Waals surface area contributed by atoms with Gasteiger partial charge in [0.2, 0.25) is 5.91 Å². The molecule has 1 aliphatic heterocycles. The second-order valence-corrected chi connectivity index (χ2v) is 7.10. The molecule has 2 heterocycles. The summed E-state index contributed by atoms with van der Waals surface area (Å²) >= 11 is 2.16. The van der Waals surface area contributed by atoms with E-state index in [1.807, 2.05) is 19.2 Å². The van der Waals surface area contributed by atoms with Gasteiger partial charge >= 0.3 is 0 Å². The molecule has 122 valence electrons. The highest BCUT2D eigenvalue weighted by Gasteiger charge is 2.37. The Bertz CT molecular complexity index is 896. The standard InChI is InChI=1S/C16H15IN6O/c1-16(6-14(24)22(2)15(19)21-16)11-8-20-23(9-11)13-4-10(7-18)3-12(17)5-13/h3-5,8-9H,6H2,1-2H3,(H2,19,21)/t16-/m0/s1. The molecule has 1 aromatic carbocycles. The molecule has 1 aliphatic rings. The number of nitrogens with two attached hydrogens (primary N) is 1. The number of aliphatic imine (C=N–C) groups is 1. The van der Waals surface area contributed by atoms with Gasteiger partial charge in [-0.2, -0.15) is 10.4 Å². The van der Waals surface area contributed by atoms with Crippen molar-refractivity contribution in [1.29, 1.82) is 5.26 Å². The van der Waals surface area contributed by atoms with Crippen LogP contribution in [0.15, 0.2) is 35.6 Å². The van der Waals surface area contributed by atoms with E-state index < -0.39 is 5.54 Å². The summed E-state index contributed by atoms with van der Waals surface area (Å²) in [7, 11) is 1.61. The van der Waals surface area contributed by atoms with E-state index in [0.717, 1.165) is 14.8 Å². The van der Waals surface area contributed by atoms with Gasteiger partial charge in [-0.25, -0.2) is 9.67 Å². The molecular formula is C16H15IN6O. The summed E-state index contributed by atoms with van der Waals surface area (Å²) in [4.78, 5) is 17.9. The minimum Gasteiger partial charge on any atom is -0.369 e. The Labute approximate surface area is 152 Å². The maximum atomic E-state index is 12.1. The van der Waals surface area contributed by atoms with Gasteiger partial charge in [-0.15, -0.1) is 0 Å². The third-order valence-corrected chi connectivity index (χ3v) is 4.68. The average molecular weight is 434 g/mol. The largest absolute Gasteiger partial charge is 0.369 e. The first kappa shape index (κ1) is 16.4. The molecule has 1 amide bonds. The predicted molar refractivity (Wildman–Crippen MR) is 97.4 cm³/mol. The summed E-state index contributed by atoms with van der Waals surface area (Å²) in [6, 6.07) is 7.63. The zero-order chi connectivity index (χ0) is 17.5. The van der Waals surface area contributed by atoms with Gasteiger partial charge in [0.25, 0.3) is 0 Å². The van der Waals surface area contributed by atoms with Gasteiger partial charge in [-0.05, 0) is 47.7 Å². The molecule has 0 unspecified atom stereocenters. The molecule has 1 aromatic heterocycles. The van der Waals surface area contributed by atoms with Crippen LogP contribution >= 0.6 is 22.6 Å². The van der Waals surface area contributed by atoms with Gasteiger partial charge in [-0.3, -0.25) is 9.69 Å². The number of halogens is 1. The van der Waals surface area contributed by atoms with Crippen molar-refractivity contribution in [2.75, 3.05) is 7.05 Å². The zero-order valence-electron chi connectivity index (χ0n) is 13.2. The maximum absolute atomic E-state index is 12.1. The number of guanidine groups is 1. The van der Waals surface area contributed by atoms with E-state index >= 15 is 0 Å². The topological polar surface area (TPSA) is 100 Å². The number of rotatable bonds is 2. The van der Waals surface area contributed by atoms with E-state index in [4.69, 9.17) is 11.0 Å². The molecule has 0 saturated carbocycles. The SMILES string of the molecule is CN1C(=O)C[C@@](C)(c2cnn(-c3cc(I)cc(C#N)c3)c2)N=C1N. The first-order valence-corrected chi connectivity index (χ1v) is 8.28. The number of hydrogen-bond donors (Lipinski definition) is 1. The Hall–Kier alpha value is -2.41. The first-order chi connectivity index (χ1) is 11.3. The van der Waals surface area contributed by atoms with E-state index in [1.165, 1.54) is 4.90 Å². The van der Waals surface area contributed by atoms with Crippen LogP contribution in [0.1, 0.15) is 24.5 Å². The zero-order valence-corrected chi connectivity index (χ0v) is 15.4. The van der Waals surface area contributed by atoms with Crippen LogP contribution in [0.25, 0.3) is 5.69 Å². The van der Waals surface area contributed by atoms with Crippen LogP contribution in [0.2, 0.25) is 0 Å². The Balaban J connectivity index is 2.01. The smallest absolute Gasteiger partial charge is 0.231 e. The number of amides is 1. The van der Waals surface area contributed by atoms with Crippen LogP contribution in [-0.4, -0.2) is 33.6 Å². The molecule has 2 N–H and O–H groups in total. The van der Waals surface area contributed by atoms with E-state index in [0.29, 0.717) is 5.56 Å². The quantitative estimate of drug-likeness (QED) is 0.728. The third kappa shape index (κ3) is 2.87. The van der Waals surface area contributed by atoms with Crippen LogP contribution in [0.3, 0.4) is 0 Å². The summed E-state index contributed by atoms with van der Waals surface area (Å²) in [6.07, 6.45) is 3.73. The molecule has 0 saturated heterocycles. The van der Waals surface area contributed by atoms with E-state index in [-0.39, 0.29) is 18.3 Å². The Morgan fingerprint density at radius 2 is 2.17 bits per heavy atom. The fourth-order valence-electron chi connectivity index (χ4n) is 2.59. The van der Waals surface area contributed by atoms with E-state index in [2.05, 4.69) is 38.8 Å². The van der Waals surface area contributed by atoms with Crippen molar-refractivity contribution >= 4 is 34.5 Å². The van der Waals surface area contributed by atoms with Crippen LogP contribution < -0.4 is 5.73 Å². The van der Waals surface area contributed by atoms with Crippen molar-refractivity contribution in [2.24, 2.45) is 10.7 Å². The van der Waals surface area contributed by atoms with Gasteiger partial charge < -0.3 is 5.73 Å². The molecule has 8 heteroatoms. The van der Waals surface area contributed by atoms with Crippen molar-refractivity contribution in [1.82, 2.24) is 14.7 Å². The van der Waals surface area contributed by atoms with Gasteiger partial charge in [0, 0.05) is 22.4 Å². The van der Waals surface area contributed by atoms with Crippen LogP contribution in [0, 0.1) is 14.9 Å². The Kier molecular flexibility index (Phi) is 4.04. The van der Waals surface area contributed by atoms with Crippen LogP contribution in [0.5, 0.6) is 0 Å². The molecule has 0 spiro atoms. The lowest BCUT2D eigenvalue weighted by atomic mass is 9.90. The van der Waals surface area contributed by atoms with Crippen molar-refractivity contribution < 1.29 is 4.79 Å². The number of hydrogen-bond acceptors (Lipinski definition) is 5. The summed E-state index contributed by atoms with van der Waals surface area (Å²) in [5.41, 5.74) is 7.25. The average Bonchev–Trinajstić information content (AvgIpc) is 3.03. The van der Waals surface area contributed by atoms with E-state index in [9.17, 15) is 4.79 Å². The lowest BCUT2D eigenvalue weighted by molar-refractivity contribution is -0.128. The fourth-order valence-corrected chi connectivity index (χ4v) is 3.24. The molecule has 7 nitrogen and oxygen atoms in total. The van der Waals surface area contributed by atoms with Gasteiger partial charge in [0.1, 0.15) is 0 Å². The highest BCUT2D eigenvalue weighted by atomic mass is 127.